The second-order valence-corrected chi connectivity index (χ2v) is 10.1. The fraction of sp³-hybridized carbons (Fsp3) is 0.500. The molecule has 0 unspecified atom stereocenters. The van der Waals surface area contributed by atoms with Gasteiger partial charge in [-0.1, -0.05) is 79.7 Å². The quantitative estimate of drug-likeness (QED) is 0.502. The van der Waals surface area contributed by atoms with Crippen LogP contribution in [-0.4, -0.2) is 0 Å². The molecule has 0 spiro atoms. The van der Waals surface area contributed by atoms with Crippen LogP contribution in [0.15, 0.2) is 30.3 Å². The van der Waals surface area contributed by atoms with Crippen molar-refractivity contribution in [3.05, 3.63) is 58.1 Å². The van der Waals surface area contributed by atoms with E-state index in [1.165, 1.54) is 27.8 Å². The van der Waals surface area contributed by atoms with Gasteiger partial charge in [0.25, 0.3) is 0 Å². The highest BCUT2D eigenvalue weighted by atomic mass is 16.5. The van der Waals surface area contributed by atoms with Gasteiger partial charge in [0.2, 0.25) is 0 Å². The summed E-state index contributed by atoms with van der Waals surface area (Å²) in [5.41, 5.74) is 6.73. The monoisotopic (exact) mass is 336 g/mol. The smallest absolute Gasteiger partial charge is 0.134 e. The third-order valence-corrected chi connectivity index (χ3v) is 5.54. The molecule has 1 heteroatoms. The highest BCUT2D eigenvalue weighted by molar-refractivity contribution is 5.61. The van der Waals surface area contributed by atoms with E-state index in [0.29, 0.717) is 0 Å². The molecule has 1 heterocycles. The lowest BCUT2D eigenvalue weighted by Crippen LogP contribution is -2.27. The van der Waals surface area contributed by atoms with Crippen molar-refractivity contribution < 1.29 is 4.74 Å². The van der Waals surface area contributed by atoms with Crippen molar-refractivity contribution >= 4 is 0 Å². The Labute approximate surface area is 153 Å². The standard InChI is InChI=1S/C24H32O/c1-15-12-17(23(5,6)7)14-19-21(15)25-20-11-10-16(22(2,3)4)13-18(20)24(19,8)9/h10-14H,1-9H3. The summed E-state index contributed by atoms with van der Waals surface area (Å²) in [6.45, 7) is 20.4. The van der Waals surface area contributed by atoms with E-state index in [1.807, 2.05) is 0 Å². The number of aryl methyl sites for hydroxylation is 1. The molecule has 1 nitrogen and oxygen atoms in total. The van der Waals surface area contributed by atoms with Gasteiger partial charge < -0.3 is 4.74 Å². The minimum absolute atomic E-state index is 0.0732. The minimum Gasteiger partial charge on any atom is -0.456 e. The fourth-order valence-corrected chi connectivity index (χ4v) is 3.64. The largest absolute Gasteiger partial charge is 0.456 e. The molecule has 0 fully saturated rings. The highest BCUT2D eigenvalue weighted by Gasteiger charge is 2.37. The van der Waals surface area contributed by atoms with Gasteiger partial charge in [0.1, 0.15) is 11.5 Å². The average Bonchev–Trinajstić information content (AvgIpc) is 2.46. The van der Waals surface area contributed by atoms with Gasteiger partial charge in [-0.2, -0.15) is 0 Å². The van der Waals surface area contributed by atoms with Crippen LogP contribution in [0.2, 0.25) is 0 Å². The molecule has 0 aromatic heterocycles. The molecule has 0 saturated heterocycles. The van der Waals surface area contributed by atoms with E-state index in [4.69, 9.17) is 4.74 Å². The summed E-state index contributed by atoms with van der Waals surface area (Å²) in [6, 6.07) is 11.3. The number of hydrogen-bond donors (Lipinski definition) is 0. The number of benzene rings is 2. The molecule has 0 bridgehead atoms. The molecule has 1 aliphatic rings. The van der Waals surface area contributed by atoms with Crippen molar-refractivity contribution in [3.8, 4) is 11.5 Å². The van der Waals surface area contributed by atoms with E-state index in [9.17, 15) is 0 Å². The SMILES string of the molecule is Cc1cc(C(C)(C)C)cc2c1Oc1ccc(C(C)(C)C)cc1C2(C)C. The first-order valence-electron chi connectivity index (χ1n) is 9.30. The van der Waals surface area contributed by atoms with Crippen LogP contribution < -0.4 is 4.74 Å². The summed E-state index contributed by atoms with van der Waals surface area (Å²) in [6.07, 6.45) is 0. The Morgan fingerprint density at radius 2 is 1.32 bits per heavy atom. The normalized spacial score (nSPS) is 16.0. The van der Waals surface area contributed by atoms with Crippen molar-refractivity contribution in [1.29, 1.82) is 0 Å². The van der Waals surface area contributed by atoms with Crippen LogP contribution in [0, 0.1) is 6.92 Å². The second-order valence-electron chi connectivity index (χ2n) is 10.1. The van der Waals surface area contributed by atoms with Gasteiger partial charge in [-0.05, 0) is 40.5 Å². The van der Waals surface area contributed by atoms with E-state index in [-0.39, 0.29) is 16.2 Å². The molecule has 0 radical (unpaired) electrons. The van der Waals surface area contributed by atoms with Crippen LogP contribution >= 0.6 is 0 Å². The Morgan fingerprint density at radius 1 is 0.760 bits per heavy atom. The molecule has 3 rings (SSSR count). The van der Waals surface area contributed by atoms with E-state index in [1.54, 1.807) is 0 Å². The summed E-state index contributed by atoms with van der Waals surface area (Å²) in [5, 5.41) is 0. The molecular weight excluding hydrogens is 304 g/mol. The number of fused-ring (bicyclic) bond motifs is 2. The van der Waals surface area contributed by atoms with Crippen LogP contribution in [0.5, 0.6) is 11.5 Å². The summed E-state index contributed by atoms with van der Waals surface area (Å²) in [7, 11) is 0. The maximum atomic E-state index is 6.38. The zero-order valence-electron chi connectivity index (χ0n) is 17.3. The van der Waals surface area contributed by atoms with Gasteiger partial charge in [0.05, 0.1) is 0 Å². The Kier molecular flexibility index (Phi) is 3.87. The van der Waals surface area contributed by atoms with Crippen molar-refractivity contribution in [2.45, 2.75) is 78.6 Å². The molecule has 25 heavy (non-hydrogen) atoms. The lowest BCUT2D eigenvalue weighted by molar-refractivity contribution is 0.411. The van der Waals surface area contributed by atoms with Gasteiger partial charge in [-0.3, -0.25) is 0 Å². The predicted molar refractivity (Wildman–Crippen MR) is 107 cm³/mol. The molecule has 2 aromatic carbocycles. The Bertz CT molecular complexity index is 826. The number of ether oxygens (including phenoxy) is 1. The predicted octanol–water partition coefficient (Wildman–Crippen LogP) is 7.02. The van der Waals surface area contributed by atoms with Gasteiger partial charge in [0.15, 0.2) is 0 Å². The summed E-state index contributed by atoms with van der Waals surface area (Å²) in [5.74, 6) is 2.03. The second kappa shape index (κ2) is 5.37. The first kappa shape index (κ1) is 18.0. The average molecular weight is 337 g/mol. The van der Waals surface area contributed by atoms with Crippen LogP contribution in [0.25, 0.3) is 0 Å². The van der Waals surface area contributed by atoms with Crippen LogP contribution in [0.4, 0.5) is 0 Å². The molecule has 0 aliphatic carbocycles. The molecule has 1 aliphatic heterocycles. The summed E-state index contributed by atoms with van der Waals surface area (Å²) >= 11 is 0. The Morgan fingerprint density at radius 3 is 1.88 bits per heavy atom. The van der Waals surface area contributed by atoms with Gasteiger partial charge in [-0.15, -0.1) is 0 Å². The van der Waals surface area contributed by atoms with E-state index >= 15 is 0 Å². The third kappa shape index (κ3) is 2.99. The van der Waals surface area contributed by atoms with Crippen molar-refractivity contribution in [2.75, 3.05) is 0 Å². The van der Waals surface area contributed by atoms with Crippen molar-refractivity contribution in [2.24, 2.45) is 0 Å². The lowest BCUT2D eigenvalue weighted by Gasteiger charge is -2.37. The van der Waals surface area contributed by atoms with Crippen molar-refractivity contribution in [1.82, 2.24) is 0 Å². The minimum atomic E-state index is -0.0732. The fourth-order valence-electron chi connectivity index (χ4n) is 3.64. The Balaban J connectivity index is 2.23. The van der Waals surface area contributed by atoms with E-state index < -0.39 is 0 Å². The molecule has 134 valence electrons. The molecule has 0 amide bonds. The van der Waals surface area contributed by atoms with E-state index in [2.05, 4.69) is 92.6 Å². The molecule has 2 aromatic rings. The molecular formula is C24H32O. The maximum Gasteiger partial charge on any atom is 0.134 e. The molecule has 0 N–H and O–H groups in total. The van der Waals surface area contributed by atoms with E-state index in [0.717, 1.165) is 11.5 Å². The zero-order chi connectivity index (χ0) is 18.8. The zero-order valence-corrected chi connectivity index (χ0v) is 17.3. The van der Waals surface area contributed by atoms with Crippen LogP contribution in [0.3, 0.4) is 0 Å². The van der Waals surface area contributed by atoms with Crippen molar-refractivity contribution in [3.63, 3.8) is 0 Å². The van der Waals surface area contributed by atoms with Crippen LogP contribution in [-0.2, 0) is 16.2 Å². The third-order valence-electron chi connectivity index (χ3n) is 5.54. The van der Waals surface area contributed by atoms with Gasteiger partial charge in [-0.25, -0.2) is 0 Å². The first-order chi connectivity index (χ1) is 11.3. The maximum absolute atomic E-state index is 6.38. The molecule has 0 atom stereocenters. The van der Waals surface area contributed by atoms with Gasteiger partial charge >= 0.3 is 0 Å². The topological polar surface area (TPSA) is 9.23 Å². The highest BCUT2D eigenvalue weighted by Crippen LogP contribution is 2.50. The van der Waals surface area contributed by atoms with Gasteiger partial charge in [0, 0.05) is 16.5 Å². The Hall–Kier alpha value is -1.76. The van der Waals surface area contributed by atoms with Crippen LogP contribution in [0.1, 0.15) is 83.2 Å². The number of hydrogen-bond acceptors (Lipinski definition) is 1. The molecule has 0 saturated carbocycles. The first-order valence-corrected chi connectivity index (χ1v) is 9.30. The summed E-state index contributed by atoms with van der Waals surface area (Å²) < 4.78 is 6.38. The lowest BCUT2D eigenvalue weighted by atomic mass is 9.71. The summed E-state index contributed by atoms with van der Waals surface area (Å²) in [4.78, 5) is 0. The number of rotatable bonds is 0.